The number of nitrogens with two attached hydrogens (primary N) is 3. The van der Waals surface area contributed by atoms with Crippen molar-refractivity contribution in [3.8, 4) is 0 Å². The standard InChI is InChI=1S/C20H27NO4.C14H27NO3.C11H24N2O2.C11H23NO3.C9H19NO.C8H4Cl2N2.C8H5NO2.C6H15NO.2C4H8O.ClH/c1-5-6-9-13(21-19(24)25-20(2,3)4)12-16-17(22)14-10-7-8-11-15(14)18(16)23;1-6-7-8-12(10-9-11(2)16)15-13(17)18-14(3,4)5;1-5-6-7-9(8-12)13-10(14)15-11(2,3)4;1-5-6-7-9(8-13)12-10(14)15-11(2,3)4;1-3-4-5-9(10)7-6-8(2)11;9-7-5-3-1-2-4-6(5)11-8(10)12-7;10-7-5-3-1-2-4-6(5)8(11)9-7;1-2-3-4-6(7)5-8;2*1-2-4-5-3-1;/h7-8,10-11,13,16H,5-6,9,12H2,1-4H3,(H,21,24);12H,6-10H2,1-5H3,(H,15,17);9H,5-8,12H2,1-4H3,(H,13,14);9,13H,5-8H2,1-4H3,(H,12,14);9H,3-7,10H2,1-2H3;1-4H;1-4H,(H,9,10,11);6,8H,2-5,7H2,1H3;2*1-4H2;1H/t13-;12-;3*9-;;;6-;;;/m11111..1.../s1. The zero-order valence-electron chi connectivity index (χ0n) is 79.7. The second kappa shape index (κ2) is 70.4. The molecule has 1 aromatic heterocycles. The molecule has 13 N–H and O–H groups in total. The predicted octanol–water partition coefficient (Wildman–Crippen LogP) is 19.6. The molecule has 720 valence electrons. The zero-order chi connectivity index (χ0) is 95.2. The molecule has 4 aliphatic rings. The molecule has 2 fully saturated rings. The number of benzene rings is 3. The molecule has 6 amide bonds. The van der Waals surface area contributed by atoms with E-state index in [2.05, 4.69) is 78.1 Å². The lowest BCUT2D eigenvalue weighted by atomic mass is 9.92. The first-order valence-electron chi connectivity index (χ1n) is 45.0. The molecule has 6 atom stereocenters. The van der Waals surface area contributed by atoms with Crippen molar-refractivity contribution in [3.63, 3.8) is 0 Å². The summed E-state index contributed by atoms with van der Waals surface area (Å²) in [6, 6.07) is 20.9. The van der Waals surface area contributed by atoms with E-state index in [4.69, 9.17) is 79.0 Å². The molecule has 0 spiro atoms. The van der Waals surface area contributed by atoms with Gasteiger partial charge in [-0.25, -0.2) is 29.1 Å². The Kier molecular flexibility index (Phi) is 68.5. The minimum absolute atomic E-state index is 0. The summed E-state index contributed by atoms with van der Waals surface area (Å²) < 4.78 is 30.7. The van der Waals surface area contributed by atoms with Crippen LogP contribution >= 0.6 is 35.6 Å². The summed E-state index contributed by atoms with van der Waals surface area (Å²) in [5.74, 6) is -1.20. The number of nitrogens with zero attached hydrogens (tertiary/aromatic N) is 2. The Morgan fingerprint density at radius 1 is 0.452 bits per heavy atom. The Labute approximate surface area is 769 Å². The van der Waals surface area contributed by atoms with Crippen LogP contribution in [0.25, 0.3) is 10.9 Å². The Morgan fingerprint density at radius 3 is 1.13 bits per heavy atom. The number of nitrogens with one attached hydrogen (secondary N) is 5. The fraction of sp³-hybridized carbons (Fsp3) is 0.684. The largest absolute Gasteiger partial charge is 0.444 e. The number of aliphatic hydroxyl groups excluding tert-OH is 2. The van der Waals surface area contributed by atoms with Crippen molar-refractivity contribution in [1.82, 2.24) is 36.6 Å². The number of carbonyl (C=O) groups excluding carboxylic acids is 10. The van der Waals surface area contributed by atoms with Gasteiger partial charge in [0, 0.05) is 92.5 Å². The van der Waals surface area contributed by atoms with Crippen LogP contribution in [0.4, 0.5) is 19.2 Å². The van der Waals surface area contributed by atoms with E-state index in [9.17, 15) is 47.9 Å². The lowest BCUT2D eigenvalue weighted by molar-refractivity contribution is -0.118. The monoisotopic (exact) mass is 1840 g/mol. The van der Waals surface area contributed by atoms with Crippen molar-refractivity contribution in [2.45, 2.75) is 370 Å². The molecule has 8 rings (SSSR count). The first-order valence-corrected chi connectivity index (χ1v) is 45.8. The Bertz CT molecular complexity index is 3560. The minimum atomic E-state index is -0.714. The number of carbonyl (C=O) groups is 10. The molecule has 0 unspecified atom stereocenters. The maximum absolute atomic E-state index is 12.6. The second-order valence-corrected chi connectivity index (χ2v) is 35.9. The molecule has 126 heavy (non-hydrogen) atoms. The fourth-order valence-electron chi connectivity index (χ4n) is 11.7. The summed E-state index contributed by atoms with van der Waals surface area (Å²) in [6.45, 7) is 42.2. The molecule has 3 aromatic carbocycles. The predicted molar refractivity (Wildman–Crippen MR) is 507 cm³/mol. The number of aromatic nitrogens is 2. The van der Waals surface area contributed by atoms with Gasteiger partial charge in [0.15, 0.2) is 11.6 Å². The van der Waals surface area contributed by atoms with E-state index in [1.54, 1.807) is 83.1 Å². The summed E-state index contributed by atoms with van der Waals surface area (Å²) in [5, 5.41) is 32.2. The van der Waals surface area contributed by atoms with Crippen molar-refractivity contribution in [3.05, 3.63) is 105 Å². The highest BCUT2D eigenvalue weighted by atomic mass is 35.5. The number of rotatable bonds is 33. The van der Waals surface area contributed by atoms with Crippen molar-refractivity contribution in [2.24, 2.45) is 23.1 Å². The van der Waals surface area contributed by atoms with E-state index >= 15 is 0 Å². The number of alkyl carbamates (subject to hydrolysis) is 4. The number of aliphatic hydroxyl groups is 2. The summed E-state index contributed by atoms with van der Waals surface area (Å²) in [4.78, 5) is 123. The number of ketones is 4. The molecule has 31 heteroatoms. The van der Waals surface area contributed by atoms with Crippen molar-refractivity contribution in [1.29, 1.82) is 0 Å². The lowest BCUT2D eigenvalue weighted by Gasteiger charge is -2.24. The highest BCUT2D eigenvalue weighted by Gasteiger charge is 2.40. The minimum Gasteiger partial charge on any atom is -0.444 e. The van der Waals surface area contributed by atoms with Gasteiger partial charge in [0.1, 0.15) is 39.1 Å². The molecule has 0 bridgehead atoms. The molecule has 1 aliphatic carbocycles. The number of amides is 6. The van der Waals surface area contributed by atoms with Gasteiger partial charge in [-0.2, -0.15) is 0 Å². The van der Waals surface area contributed by atoms with Gasteiger partial charge in [0.25, 0.3) is 11.8 Å². The van der Waals surface area contributed by atoms with Crippen molar-refractivity contribution in [2.75, 3.05) is 46.2 Å². The van der Waals surface area contributed by atoms with E-state index in [0.29, 0.717) is 66.1 Å². The van der Waals surface area contributed by atoms with E-state index in [1.165, 1.54) is 38.5 Å². The van der Waals surface area contributed by atoms with Crippen LogP contribution in [0, 0.1) is 5.92 Å². The molecule has 0 saturated carbocycles. The van der Waals surface area contributed by atoms with Gasteiger partial charge in [-0.3, -0.25) is 24.5 Å². The maximum atomic E-state index is 12.6. The highest BCUT2D eigenvalue weighted by molar-refractivity contribution is 6.35. The second-order valence-electron chi connectivity index (χ2n) is 35.2. The summed E-state index contributed by atoms with van der Waals surface area (Å²) >= 11 is 11.4. The van der Waals surface area contributed by atoms with Gasteiger partial charge >= 0.3 is 24.4 Å². The molecule has 3 aliphatic heterocycles. The molecule has 2 saturated heterocycles. The zero-order valence-corrected chi connectivity index (χ0v) is 82.1. The van der Waals surface area contributed by atoms with Gasteiger partial charge in [-0.1, -0.05) is 179 Å². The van der Waals surface area contributed by atoms with Gasteiger partial charge in [0.05, 0.1) is 41.8 Å². The smallest absolute Gasteiger partial charge is 0.407 e. The molecular weight excluding hydrogens is 1680 g/mol. The molecule has 0 radical (unpaired) electrons. The van der Waals surface area contributed by atoms with Crippen LogP contribution < -0.4 is 43.8 Å². The number of Topliss-reactive ketones (excluding diaryl/α,β-unsaturated/α-hetero) is 4. The number of imide groups is 1. The summed E-state index contributed by atoms with van der Waals surface area (Å²) in [6.07, 6.45) is 24.5. The van der Waals surface area contributed by atoms with Crippen molar-refractivity contribution < 1.29 is 86.6 Å². The molecular formula is C95H161Cl3N10O18. The topological polar surface area (TPSA) is 431 Å². The van der Waals surface area contributed by atoms with E-state index in [-0.39, 0.29) is 108 Å². The van der Waals surface area contributed by atoms with Crippen LogP contribution in [0.5, 0.6) is 0 Å². The maximum Gasteiger partial charge on any atom is 0.407 e. The van der Waals surface area contributed by atoms with Gasteiger partial charge in [0.2, 0.25) is 5.28 Å². The van der Waals surface area contributed by atoms with Gasteiger partial charge < -0.3 is 86.7 Å². The van der Waals surface area contributed by atoms with Crippen LogP contribution in [0.3, 0.4) is 0 Å². The van der Waals surface area contributed by atoms with Gasteiger partial charge in [-0.05, 0) is 216 Å². The SMILES string of the molecule is C1CCOC1.C1CCOC1.CCCC[C@@H](N)CCC(C)=O.CCCC[C@@H](N)CO.CCCC[C@H](CC1C(=O)c2ccccc2C1=O)NC(=O)OC(C)(C)C.CCCC[C@H](CCC(C)=O)NC(=O)OC(C)(C)C.CCCC[C@H](CN)NC(=O)OC(C)(C)C.CCCC[C@H](CO)NC(=O)OC(C)(C)C.Cl.Clc1nc(Cl)c2ccccc2n1.O=C1NC(=O)c2ccccc21. The van der Waals surface area contributed by atoms with E-state index in [0.717, 1.165) is 140 Å². The van der Waals surface area contributed by atoms with Crippen LogP contribution in [0.15, 0.2) is 72.8 Å². The summed E-state index contributed by atoms with van der Waals surface area (Å²) in [5.41, 5.74) is 17.4. The number of para-hydroxylation sites is 1. The number of ether oxygens (including phenoxy) is 6. The third-order valence-corrected chi connectivity index (χ3v) is 18.7. The van der Waals surface area contributed by atoms with Crippen LogP contribution in [-0.2, 0) is 38.0 Å². The van der Waals surface area contributed by atoms with Gasteiger partial charge in [-0.15, -0.1) is 12.4 Å². The molecule has 4 heterocycles. The summed E-state index contributed by atoms with van der Waals surface area (Å²) in [7, 11) is 0. The third-order valence-electron chi connectivity index (χ3n) is 18.3. The van der Waals surface area contributed by atoms with E-state index in [1.807, 2.05) is 86.6 Å². The normalized spacial score (nSPS) is 14.4. The highest BCUT2D eigenvalue weighted by Crippen LogP contribution is 2.31. The Hall–Kier alpha value is -7.51. The first-order chi connectivity index (χ1) is 58.8. The Morgan fingerprint density at radius 2 is 0.778 bits per heavy atom. The van der Waals surface area contributed by atoms with Crippen LogP contribution in [-0.4, -0.2) is 184 Å². The number of fused-ring (bicyclic) bond motifs is 3. The first kappa shape index (κ1) is 123. The molecule has 4 aromatic rings. The molecule has 28 nitrogen and oxygen atoms in total. The number of unbranched alkanes of at least 4 members (excludes halogenated alkanes) is 6. The number of hydrogen-bond acceptors (Lipinski definition) is 23. The van der Waals surface area contributed by atoms with E-state index < -0.39 is 46.6 Å². The number of hydrogen-bond donors (Lipinski definition) is 10. The quantitative estimate of drug-likeness (QED) is 0.00696. The van der Waals surface area contributed by atoms with Crippen molar-refractivity contribution >= 4 is 106 Å². The van der Waals surface area contributed by atoms with Crippen LogP contribution in [0.2, 0.25) is 10.4 Å². The lowest BCUT2D eigenvalue weighted by Crippen LogP contribution is -2.42. The third kappa shape index (κ3) is 64.3. The average molecular weight is 1840 g/mol. The Balaban J connectivity index is -0.00000137. The fourth-order valence-corrected chi connectivity index (χ4v) is 12.1. The number of halogens is 3. The van der Waals surface area contributed by atoms with Crippen LogP contribution in [0.1, 0.15) is 353 Å². The average Bonchev–Trinajstić information content (AvgIpc) is 1.63.